The van der Waals surface area contributed by atoms with Crippen molar-refractivity contribution in [1.29, 1.82) is 0 Å². The lowest BCUT2D eigenvalue weighted by molar-refractivity contribution is -0.385. The molecule has 1 unspecified atom stereocenters. The van der Waals surface area contributed by atoms with Crippen LogP contribution in [0.1, 0.15) is 12.5 Å². The molecular weight excluding hydrogens is 325 g/mol. The van der Waals surface area contributed by atoms with Crippen molar-refractivity contribution in [1.82, 2.24) is 0 Å². The van der Waals surface area contributed by atoms with Gasteiger partial charge in [-0.2, -0.15) is 0 Å². The van der Waals surface area contributed by atoms with Crippen LogP contribution in [0.25, 0.3) is 0 Å². The molecule has 0 spiro atoms. The molecule has 1 atom stereocenters. The normalized spacial score (nSPS) is 11.9. The maximum Gasteiger partial charge on any atom is 0.324 e. The monoisotopic (exact) mass is 335 g/mol. The first-order valence-electron chi connectivity index (χ1n) is 5.19. The van der Waals surface area contributed by atoms with Crippen molar-refractivity contribution in [3.05, 3.63) is 38.3 Å². The van der Waals surface area contributed by atoms with Gasteiger partial charge < -0.3 is 4.74 Å². The van der Waals surface area contributed by atoms with Gasteiger partial charge in [0.05, 0.1) is 11.5 Å². The Morgan fingerprint density at radius 2 is 2.28 bits per heavy atom. The topological polar surface area (TPSA) is 69.4 Å². The van der Waals surface area contributed by atoms with Gasteiger partial charge in [-0.25, -0.2) is 0 Å². The number of nitro benzene ring substituents is 1. The number of hydrogen-bond acceptors (Lipinski definition) is 4. The third kappa shape index (κ3) is 3.96. The second-order valence-electron chi connectivity index (χ2n) is 3.45. The highest BCUT2D eigenvalue weighted by Crippen LogP contribution is 2.25. The minimum absolute atomic E-state index is 0.0595. The molecule has 7 heteroatoms. The van der Waals surface area contributed by atoms with E-state index in [4.69, 9.17) is 16.3 Å². The van der Waals surface area contributed by atoms with Gasteiger partial charge in [-0.1, -0.05) is 22.0 Å². The van der Waals surface area contributed by atoms with Crippen LogP contribution < -0.4 is 0 Å². The Kier molecular flexibility index (Phi) is 5.55. The second-order valence-corrected chi connectivity index (χ2v) is 4.90. The number of benzene rings is 1. The predicted octanol–water partition coefficient (Wildman–Crippen LogP) is 3.07. The zero-order valence-electron chi connectivity index (χ0n) is 9.56. The highest BCUT2D eigenvalue weighted by atomic mass is 79.9. The summed E-state index contributed by atoms with van der Waals surface area (Å²) in [5.74, 6) is -0.573. The largest absolute Gasteiger partial charge is 0.465 e. The molecule has 1 aromatic rings. The molecule has 0 N–H and O–H groups in total. The molecule has 18 heavy (non-hydrogen) atoms. The van der Waals surface area contributed by atoms with Crippen molar-refractivity contribution >= 4 is 39.2 Å². The van der Waals surface area contributed by atoms with E-state index in [1.807, 2.05) is 0 Å². The summed E-state index contributed by atoms with van der Waals surface area (Å²) < 4.78 is 5.35. The summed E-state index contributed by atoms with van der Waals surface area (Å²) in [5, 5.41) is 9.95. The zero-order chi connectivity index (χ0) is 13.7. The Hall–Kier alpha value is -1.14. The van der Waals surface area contributed by atoms with Crippen LogP contribution in [-0.2, 0) is 16.0 Å². The SMILES string of the molecule is CCOC(=O)C(Cl)Cc1ccc(Br)cc1[N+](=O)[O-]. The van der Waals surface area contributed by atoms with Crippen molar-refractivity contribution in [2.75, 3.05) is 6.61 Å². The van der Waals surface area contributed by atoms with E-state index >= 15 is 0 Å². The van der Waals surface area contributed by atoms with Crippen LogP contribution in [0.5, 0.6) is 0 Å². The first-order chi connectivity index (χ1) is 8.45. The molecule has 0 saturated carbocycles. The van der Waals surface area contributed by atoms with E-state index in [0.29, 0.717) is 10.0 Å². The van der Waals surface area contributed by atoms with Crippen LogP contribution in [0.4, 0.5) is 5.69 Å². The number of carbonyl (C=O) groups excluding carboxylic acids is 1. The Labute approximate surface area is 117 Å². The lowest BCUT2D eigenvalue weighted by atomic mass is 10.1. The minimum Gasteiger partial charge on any atom is -0.465 e. The average Bonchev–Trinajstić information content (AvgIpc) is 2.31. The van der Waals surface area contributed by atoms with Gasteiger partial charge in [-0.15, -0.1) is 11.6 Å². The number of halogens is 2. The van der Waals surface area contributed by atoms with Gasteiger partial charge in [0.15, 0.2) is 0 Å². The maximum atomic E-state index is 11.4. The number of hydrogen-bond donors (Lipinski definition) is 0. The number of carbonyl (C=O) groups is 1. The lowest BCUT2D eigenvalue weighted by Gasteiger charge is -2.09. The van der Waals surface area contributed by atoms with Gasteiger partial charge in [0.25, 0.3) is 5.69 Å². The van der Waals surface area contributed by atoms with E-state index in [2.05, 4.69) is 15.9 Å². The molecule has 1 rings (SSSR count). The van der Waals surface area contributed by atoms with Gasteiger partial charge in [0, 0.05) is 22.5 Å². The fourth-order valence-electron chi connectivity index (χ4n) is 1.39. The molecular formula is C11H11BrClNO4. The highest BCUT2D eigenvalue weighted by molar-refractivity contribution is 9.10. The number of ether oxygens (including phenoxy) is 1. The Balaban J connectivity index is 2.90. The fourth-order valence-corrected chi connectivity index (χ4v) is 1.97. The Morgan fingerprint density at radius 1 is 1.61 bits per heavy atom. The molecule has 98 valence electrons. The molecule has 0 aliphatic heterocycles. The standard InChI is InChI=1S/C11H11BrClNO4/c1-2-18-11(15)9(13)5-7-3-4-8(12)6-10(7)14(16)17/h3-4,6,9H,2,5H2,1H3. The van der Waals surface area contributed by atoms with E-state index in [-0.39, 0.29) is 18.7 Å². The van der Waals surface area contributed by atoms with Crippen molar-refractivity contribution < 1.29 is 14.5 Å². The van der Waals surface area contributed by atoms with Crippen LogP contribution in [0.3, 0.4) is 0 Å². The zero-order valence-corrected chi connectivity index (χ0v) is 11.9. The van der Waals surface area contributed by atoms with E-state index in [0.717, 1.165) is 0 Å². The van der Waals surface area contributed by atoms with Crippen LogP contribution in [0, 0.1) is 10.1 Å². The summed E-state index contributed by atoms with van der Waals surface area (Å²) in [4.78, 5) is 21.7. The predicted molar refractivity (Wildman–Crippen MR) is 70.8 cm³/mol. The van der Waals surface area contributed by atoms with E-state index < -0.39 is 16.3 Å². The quantitative estimate of drug-likeness (QED) is 0.358. The lowest BCUT2D eigenvalue weighted by Crippen LogP contribution is -2.20. The summed E-state index contributed by atoms with van der Waals surface area (Å²) in [6.45, 7) is 1.90. The molecule has 5 nitrogen and oxygen atoms in total. The summed E-state index contributed by atoms with van der Waals surface area (Å²) >= 11 is 9.01. The van der Waals surface area contributed by atoms with Gasteiger partial charge >= 0.3 is 5.97 Å². The molecule has 0 saturated heterocycles. The van der Waals surface area contributed by atoms with Crippen LogP contribution in [-0.4, -0.2) is 22.9 Å². The minimum atomic E-state index is -0.926. The van der Waals surface area contributed by atoms with Gasteiger partial charge in [-0.05, 0) is 13.0 Å². The second kappa shape index (κ2) is 6.70. The van der Waals surface area contributed by atoms with Crippen LogP contribution >= 0.6 is 27.5 Å². The third-order valence-corrected chi connectivity index (χ3v) is 3.01. The van der Waals surface area contributed by atoms with Gasteiger partial charge in [0.1, 0.15) is 5.38 Å². The average molecular weight is 337 g/mol. The summed E-state index contributed by atoms with van der Waals surface area (Å²) in [6.07, 6.45) is 0.0595. The first kappa shape index (κ1) is 14.9. The Bertz CT molecular complexity index is 466. The number of nitrogens with zero attached hydrogens (tertiary/aromatic N) is 1. The molecule has 0 heterocycles. The Morgan fingerprint density at radius 3 is 2.83 bits per heavy atom. The van der Waals surface area contributed by atoms with Crippen molar-refractivity contribution in [3.63, 3.8) is 0 Å². The molecule has 0 aliphatic carbocycles. The molecule has 1 aromatic carbocycles. The molecule has 0 aliphatic rings. The molecule has 0 fully saturated rings. The van der Waals surface area contributed by atoms with Crippen LogP contribution in [0.2, 0.25) is 0 Å². The number of nitro groups is 1. The third-order valence-electron chi connectivity index (χ3n) is 2.19. The van der Waals surface area contributed by atoms with Gasteiger partial charge in [-0.3, -0.25) is 14.9 Å². The van der Waals surface area contributed by atoms with Crippen molar-refractivity contribution in [2.24, 2.45) is 0 Å². The van der Waals surface area contributed by atoms with Crippen LogP contribution in [0.15, 0.2) is 22.7 Å². The molecule has 0 amide bonds. The van der Waals surface area contributed by atoms with E-state index in [9.17, 15) is 14.9 Å². The summed E-state index contributed by atoms with van der Waals surface area (Å²) in [5.41, 5.74) is 0.329. The molecule has 0 aromatic heterocycles. The number of esters is 1. The highest BCUT2D eigenvalue weighted by Gasteiger charge is 2.22. The smallest absolute Gasteiger partial charge is 0.324 e. The number of alkyl halides is 1. The first-order valence-corrected chi connectivity index (χ1v) is 6.42. The molecule has 0 bridgehead atoms. The summed E-state index contributed by atoms with van der Waals surface area (Å²) in [6, 6.07) is 4.61. The number of rotatable bonds is 5. The van der Waals surface area contributed by atoms with Crippen molar-refractivity contribution in [2.45, 2.75) is 18.7 Å². The summed E-state index contributed by atoms with van der Waals surface area (Å²) in [7, 11) is 0. The maximum absolute atomic E-state index is 11.4. The van der Waals surface area contributed by atoms with E-state index in [1.165, 1.54) is 6.07 Å². The molecule has 0 radical (unpaired) electrons. The fraction of sp³-hybridized carbons (Fsp3) is 0.364. The van der Waals surface area contributed by atoms with E-state index in [1.54, 1.807) is 19.1 Å². The van der Waals surface area contributed by atoms with Gasteiger partial charge in [0.2, 0.25) is 0 Å². The van der Waals surface area contributed by atoms with Crippen molar-refractivity contribution in [3.8, 4) is 0 Å².